The maximum Gasteiger partial charge on any atom is 0.251 e. The Labute approximate surface area is 192 Å². The van der Waals surface area contributed by atoms with Crippen molar-refractivity contribution in [3.63, 3.8) is 0 Å². The Morgan fingerprint density at radius 2 is 1.77 bits per heavy atom. The minimum atomic E-state index is -3.72. The number of nitrogens with zero attached hydrogens (tertiary/aromatic N) is 3. The molecule has 0 unspecified atom stereocenters. The van der Waals surface area contributed by atoms with Crippen molar-refractivity contribution in [2.45, 2.75) is 17.7 Å². The van der Waals surface area contributed by atoms with E-state index >= 15 is 0 Å². The Morgan fingerprint density at radius 1 is 1.13 bits per heavy atom. The van der Waals surface area contributed by atoms with Gasteiger partial charge in [-0.15, -0.1) is 0 Å². The first-order valence-electron chi connectivity index (χ1n) is 9.46. The van der Waals surface area contributed by atoms with E-state index in [1.807, 2.05) is 6.07 Å². The number of aryl methyl sites for hydroxylation is 1. The number of piperidine rings is 1. The first-order chi connectivity index (χ1) is 14.7. The maximum atomic E-state index is 13.1. The monoisotopic (exact) mass is 501 g/mol. The van der Waals surface area contributed by atoms with Gasteiger partial charge in [-0.2, -0.15) is 9.30 Å². The Balaban J connectivity index is 1.51. The minimum absolute atomic E-state index is 0.0382. The molecule has 11 heteroatoms. The number of sulfonamides is 1. The van der Waals surface area contributed by atoms with Crippen LogP contribution in [0.1, 0.15) is 12.8 Å². The lowest BCUT2D eigenvalue weighted by atomic mass is 9.98. The van der Waals surface area contributed by atoms with E-state index < -0.39 is 15.8 Å². The number of hydrogen-bond acceptors (Lipinski definition) is 4. The third-order valence-electron chi connectivity index (χ3n) is 5.32. The van der Waals surface area contributed by atoms with Gasteiger partial charge in [-0.05, 0) is 49.2 Å². The van der Waals surface area contributed by atoms with Gasteiger partial charge in [0.05, 0.1) is 25.2 Å². The molecular formula is C20H18Cl2FN3O3S2. The molecule has 1 amide bonds. The second-order valence-electron chi connectivity index (χ2n) is 7.23. The number of halogens is 3. The van der Waals surface area contributed by atoms with Crippen LogP contribution in [0.2, 0.25) is 10.0 Å². The zero-order valence-electron chi connectivity index (χ0n) is 16.4. The van der Waals surface area contributed by atoms with Crippen molar-refractivity contribution in [3.05, 3.63) is 57.1 Å². The number of hydrogen-bond donors (Lipinski definition) is 0. The molecule has 31 heavy (non-hydrogen) atoms. The van der Waals surface area contributed by atoms with E-state index in [-0.39, 0.29) is 29.8 Å². The summed E-state index contributed by atoms with van der Waals surface area (Å²) in [6.07, 6.45) is 0.730. The van der Waals surface area contributed by atoms with E-state index in [1.54, 1.807) is 17.7 Å². The molecule has 0 bridgehead atoms. The van der Waals surface area contributed by atoms with Gasteiger partial charge in [0.25, 0.3) is 5.91 Å². The first-order valence-corrected chi connectivity index (χ1v) is 12.5. The van der Waals surface area contributed by atoms with E-state index in [2.05, 4.69) is 4.99 Å². The summed E-state index contributed by atoms with van der Waals surface area (Å²) in [5, 5.41) is 0.835. The molecule has 164 valence electrons. The molecule has 0 aliphatic carbocycles. The zero-order chi connectivity index (χ0) is 22.3. The zero-order valence-corrected chi connectivity index (χ0v) is 19.5. The Morgan fingerprint density at radius 3 is 2.42 bits per heavy atom. The normalized spacial score (nSPS) is 16.8. The van der Waals surface area contributed by atoms with Crippen LogP contribution < -0.4 is 4.80 Å². The maximum absolute atomic E-state index is 13.1. The van der Waals surface area contributed by atoms with Crippen LogP contribution in [0.25, 0.3) is 10.2 Å². The summed E-state index contributed by atoms with van der Waals surface area (Å²) in [4.78, 5) is 17.6. The predicted octanol–water partition coefficient (Wildman–Crippen LogP) is 4.21. The molecule has 1 fully saturated rings. The number of benzene rings is 2. The van der Waals surface area contributed by atoms with E-state index in [0.29, 0.717) is 33.2 Å². The van der Waals surface area contributed by atoms with Crippen molar-refractivity contribution in [2.75, 3.05) is 13.1 Å². The minimum Gasteiger partial charge on any atom is -0.318 e. The third kappa shape index (κ3) is 4.29. The summed E-state index contributed by atoms with van der Waals surface area (Å²) in [7, 11) is -1.96. The van der Waals surface area contributed by atoms with Gasteiger partial charge in [0.1, 0.15) is 5.82 Å². The third-order valence-corrected chi connectivity index (χ3v) is 9.12. The van der Waals surface area contributed by atoms with E-state index in [4.69, 9.17) is 23.2 Å². The number of carbonyl (C=O) groups is 1. The van der Waals surface area contributed by atoms with Crippen LogP contribution in [0.3, 0.4) is 0 Å². The summed E-state index contributed by atoms with van der Waals surface area (Å²) in [5.41, 5.74) is 0.714. The average molecular weight is 502 g/mol. The Kier molecular flexibility index (Phi) is 6.24. The van der Waals surface area contributed by atoms with Crippen LogP contribution in [0.15, 0.2) is 46.3 Å². The largest absolute Gasteiger partial charge is 0.318 e. The highest BCUT2D eigenvalue weighted by atomic mass is 35.5. The molecule has 1 aliphatic rings. The van der Waals surface area contributed by atoms with Crippen LogP contribution in [-0.4, -0.2) is 36.3 Å². The van der Waals surface area contributed by atoms with Gasteiger partial charge in [0.2, 0.25) is 10.0 Å². The van der Waals surface area contributed by atoms with Gasteiger partial charge in [-0.1, -0.05) is 34.5 Å². The van der Waals surface area contributed by atoms with Crippen LogP contribution in [-0.2, 0) is 21.9 Å². The van der Waals surface area contributed by atoms with E-state index in [1.165, 1.54) is 27.8 Å². The standard InChI is InChI=1S/C20H18Cl2FN3O3S2/c1-25-18-16(7-6-15(21)17(18)22)30-20(25)24-19(27)12-8-10-26(11-9-12)31(28,29)14-4-2-13(23)3-5-14/h2-7,12H,8-11H2,1H3. The molecule has 0 spiro atoms. The number of rotatable bonds is 3. The second kappa shape index (κ2) is 8.63. The van der Waals surface area contributed by atoms with Gasteiger partial charge < -0.3 is 4.57 Å². The summed E-state index contributed by atoms with van der Waals surface area (Å²) in [6, 6.07) is 8.26. The highest BCUT2D eigenvalue weighted by molar-refractivity contribution is 7.89. The number of amides is 1. The van der Waals surface area contributed by atoms with Crippen LogP contribution in [0.5, 0.6) is 0 Å². The lowest BCUT2D eigenvalue weighted by Crippen LogP contribution is -2.40. The van der Waals surface area contributed by atoms with Crippen molar-refractivity contribution in [1.29, 1.82) is 0 Å². The molecule has 0 radical (unpaired) electrons. The summed E-state index contributed by atoms with van der Waals surface area (Å²) in [5.74, 6) is -1.16. The molecule has 2 aromatic carbocycles. The Hall–Kier alpha value is -1.78. The van der Waals surface area contributed by atoms with E-state index in [0.717, 1.165) is 16.8 Å². The highest BCUT2D eigenvalue weighted by Gasteiger charge is 2.32. The fraction of sp³-hybridized carbons (Fsp3) is 0.300. The van der Waals surface area contributed by atoms with Crippen molar-refractivity contribution in [3.8, 4) is 0 Å². The molecule has 0 N–H and O–H groups in total. The number of thiazole rings is 1. The number of fused-ring (bicyclic) bond motifs is 1. The van der Waals surface area contributed by atoms with Gasteiger partial charge >= 0.3 is 0 Å². The number of aromatic nitrogens is 1. The fourth-order valence-electron chi connectivity index (χ4n) is 3.56. The molecule has 3 aromatic rings. The fourth-order valence-corrected chi connectivity index (χ4v) is 6.56. The van der Waals surface area contributed by atoms with Crippen LogP contribution in [0.4, 0.5) is 4.39 Å². The van der Waals surface area contributed by atoms with Crippen LogP contribution >= 0.6 is 34.5 Å². The van der Waals surface area contributed by atoms with Crippen molar-refractivity contribution < 1.29 is 17.6 Å². The van der Waals surface area contributed by atoms with Crippen molar-refractivity contribution in [1.82, 2.24) is 8.87 Å². The molecule has 4 rings (SSSR count). The molecule has 1 saturated heterocycles. The topological polar surface area (TPSA) is 71.7 Å². The molecule has 0 atom stereocenters. The van der Waals surface area contributed by atoms with Crippen molar-refractivity contribution in [2.24, 2.45) is 18.0 Å². The van der Waals surface area contributed by atoms with Gasteiger partial charge in [0, 0.05) is 26.1 Å². The van der Waals surface area contributed by atoms with Gasteiger partial charge in [0.15, 0.2) is 4.80 Å². The van der Waals surface area contributed by atoms with Crippen molar-refractivity contribution >= 4 is 60.7 Å². The van der Waals surface area contributed by atoms with E-state index in [9.17, 15) is 17.6 Å². The Bertz CT molecular complexity index is 1330. The highest BCUT2D eigenvalue weighted by Crippen LogP contribution is 2.31. The molecular weight excluding hydrogens is 484 g/mol. The smallest absolute Gasteiger partial charge is 0.251 e. The first kappa shape index (κ1) is 22.4. The molecule has 1 aliphatic heterocycles. The summed E-state index contributed by atoms with van der Waals surface area (Å²) in [6.45, 7) is 0.400. The predicted molar refractivity (Wildman–Crippen MR) is 119 cm³/mol. The molecule has 6 nitrogen and oxygen atoms in total. The lowest BCUT2D eigenvalue weighted by Gasteiger charge is -2.29. The number of carbonyl (C=O) groups excluding carboxylic acids is 1. The lowest BCUT2D eigenvalue weighted by molar-refractivity contribution is -0.122. The molecule has 2 heterocycles. The summed E-state index contributed by atoms with van der Waals surface area (Å²) < 4.78 is 42.5. The quantitative estimate of drug-likeness (QED) is 0.539. The second-order valence-corrected chi connectivity index (χ2v) is 11.0. The van der Waals surface area contributed by atoms with Gasteiger partial charge in [-0.3, -0.25) is 4.79 Å². The van der Waals surface area contributed by atoms with Crippen LogP contribution in [0, 0.1) is 11.7 Å². The van der Waals surface area contributed by atoms with Gasteiger partial charge in [-0.25, -0.2) is 12.8 Å². The SMILES string of the molecule is Cn1c(=NC(=O)C2CCN(S(=O)(=O)c3ccc(F)cc3)CC2)sc2ccc(Cl)c(Cl)c21. The molecule has 1 aromatic heterocycles. The molecule has 0 saturated carbocycles. The average Bonchev–Trinajstić information content (AvgIpc) is 3.07. The summed E-state index contributed by atoms with van der Waals surface area (Å²) >= 11 is 13.7.